The third kappa shape index (κ3) is 2.12. The SMILES string of the molecule is CN1CC(c2nn(C)c(N)c2C(N)=O)Oc2ccc(F)cc21. The van der Waals surface area contributed by atoms with E-state index < -0.39 is 12.0 Å². The number of aryl methyl sites for hydroxylation is 1. The van der Waals surface area contributed by atoms with Crippen molar-refractivity contribution in [1.82, 2.24) is 9.78 Å². The first-order chi connectivity index (χ1) is 10.4. The Bertz CT molecular complexity index is 758. The molecule has 1 aromatic carbocycles. The third-order valence-corrected chi connectivity index (χ3v) is 3.71. The van der Waals surface area contributed by atoms with Crippen molar-refractivity contribution in [3.8, 4) is 5.75 Å². The van der Waals surface area contributed by atoms with E-state index in [0.717, 1.165) is 0 Å². The normalized spacial score (nSPS) is 17.0. The Labute approximate surface area is 126 Å². The van der Waals surface area contributed by atoms with Crippen LogP contribution in [0.1, 0.15) is 22.2 Å². The van der Waals surface area contributed by atoms with Gasteiger partial charge in [0.05, 0.1) is 12.2 Å². The molecule has 0 fully saturated rings. The average Bonchev–Trinajstić information content (AvgIpc) is 2.75. The van der Waals surface area contributed by atoms with Gasteiger partial charge in [-0.25, -0.2) is 4.39 Å². The van der Waals surface area contributed by atoms with E-state index in [4.69, 9.17) is 16.2 Å². The molecule has 22 heavy (non-hydrogen) atoms. The van der Waals surface area contributed by atoms with Crippen molar-refractivity contribution < 1.29 is 13.9 Å². The van der Waals surface area contributed by atoms with Crippen LogP contribution in [0.3, 0.4) is 0 Å². The summed E-state index contributed by atoms with van der Waals surface area (Å²) >= 11 is 0. The molecule has 1 aromatic heterocycles. The van der Waals surface area contributed by atoms with E-state index >= 15 is 0 Å². The van der Waals surface area contributed by atoms with E-state index in [1.54, 1.807) is 13.1 Å². The maximum absolute atomic E-state index is 13.3. The lowest BCUT2D eigenvalue weighted by Crippen LogP contribution is -2.33. The highest BCUT2D eigenvalue weighted by atomic mass is 19.1. The molecule has 116 valence electrons. The van der Waals surface area contributed by atoms with Crippen molar-refractivity contribution in [3.05, 3.63) is 35.3 Å². The number of likely N-dealkylation sites (N-methyl/N-ethyl adjacent to an activating group) is 1. The zero-order valence-corrected chi connectivity index (χ0v) is 12.2. The van der Waals surface area contributed by atoms with Crippen molar-refractivity contribution in [2.75, 3.05) is 24.2 Å². The van der Waals surface area contributed by atoms with Gasteiger partial charge in [0.15, 0.2) is 6.10 Å². The fourth-order valence-corrected chi connectivity index (χ4v) is 2.60. The second-order valence-electron chi connectivity index (χ2n) is 5.23. The first-order valence-corrected chi connectivity index (χ1v) is 6.68. The van der Waals surface area contributed by atoms with E-state index in [1.165, 1.54) is 16.8 Å². The smallest absolute Gasteiger partial charge is 0.254 e. The fraction of sp³-hybridized carbons (Fsp3) is 0.286. The quantitative estimate of drug-likeness (QED) is 0.855. The van der Waals surface area contributed by atoms with Crippen LogP contribution in [0.15, 0.2) is 18.2 Å². The van der Waals surface area contributed by atoms with E-state index in [2.05, 4.69) is 5.10 Å². The van der Waals surface area contributed by atoms with Crippen molar-refractivity contribution >= 4 is 17.4 Å². The number of hydrogen-bond donors (Lipinski definition) is 2. The van der Waals surface area contributed by atoms with Crippen LogP contribution < -0.4 is 21.1 Å². The molecule has 0 radical (unpaired) electrons. The molecule has 0 aliphatic carbocycles. The molecule has 2 aromatic rings. The van der Waals surface area contributed by atoms with Gasteiger partial charge in [-0.1, -0.05) is 0 Å². The molecule has 1 aliphatic heterocycles. The summed E-state index contributed by atoms with van der Waals surface area (Å²) in [6, 6.07) is 4.26. The van der Waals surface area contributed by atoms with Crippen molar-refractivity contribution in [2.24, 2.45) is 12.8 Å². The molecule has 0 bridgehead atoms. The lowest BCUT2D eigenvalue weighted by molar-refractivity contribution is 0.0995. The lowest BCUT2D eigenvalue weighted by Gasteiger charge is -2.33. The van der Waals surface area contributed by atoms with Gasteiger partial charge in [-0.05, 0) is 12.1 Å². The van der Waals surface area contributed by atoms with Gasteiger partial charge in [0.1, 0.15) is 28.6 Å². The van der Waals surface area contributed by atoms with E-state index in [9.17, 15) is 9.18 Å². The molecular weight excluding hydrogens is 289 g/mol. The number of fused-ring (bicyclic) bond motifs is 1. The highest BCUT2D eigenvalue weighted by Gasteiger charge is 2.32. The Kier molecular flexibility index (Phi) is 3.16. The molecule has 2 heterocycles. The second kappa shape index (κ2) is 4.90. The van der Waals surface area contributed by atoms with Crippen LogP contribution in [-0.2, 0) is 7.05 Å². The molecule has 0 spiro atoms. The molecule has 8 heteroatoms. The number of hydrogen-bond acceptors (Lipinski definition) is 5. The van der Waals surface area contributed by atoms with Crippen LogP contribution in [0, 0.1) is 5.82 Å². The minimum absolute atomic E-state index is 0.159. The summed E-state index contributed by atoms with van der Waals surface area (Å²) < 4.78 is 20.6. The van der Waals surface area contributed by atoms with Gasteiger partial charge in [0.25, 0.3) is 5.91 Å². The number of rotatable bonds is 2. The third-order valence-electron chi connectivity index (χ3n) is 3.71. The average molecular weight is 305 g/mol. The number of nitrogens with two attached hydrogens (primary N) is 2. The minimum Gasteiger partial charge on any atom is -0.480 e. The largest absolute Gasteiger partial charge is 0.480 e. The Hall–Kier alpha value is -2.77. The van der Waals surface area contributed by atoms with Crippen molar-refractivity contribution in [1.29, 1.82) is 0 Å². The number of carbonyl (C=O) groups is 1. The van der Waals surface area contributed by atoms with Crippen LogP contribution in [0.5, 0.6) is 5.75 Å². The monoisotopic (exact) mass is 305 g/mol. The molecule has 0 saturated carbocycles. The summed E-state index contributed by atoms with van der Waals surface area (Å²) in [6.45, 7) is 0.396. The van der Waals surface area contributed by atoms with Gasteiger partial charge in [0, 0.05) is 20.2 Å². The Balaban J connectivity index is 2.04. The summed E-state index contributed by atoms with van der Waals surface area (Å²) in [4.78, 5) is 13.5. The van der Waals surface area contributed by atoms with Crippen LogP contribution in [0.2, 0.25) is 0 Å². The lowest BCUT2D eigenvalue weighted by atomic mass is 10.1. The molecular formula is C14H16FN5O2. The number of nitrogens with zero attached hydrogens (tertiary/aromatic N) is 3. The topological polar surface area (TPSA) is 99.4 Å². The standard InChI is InChI=1S/C14H16FN5O2/c1-19-6-10(22-9-4-3-7(15)5-8(9)19)12-11(14(17)21)13(16)20(2)18-12/h3-5,10H,6,16H2,1-2H3,(H2,17,21). The predicted molar refractivity (Wildman–Crippen MR) is 79.2 cm³/mol. The number of benzene rings is 1. The fourth-order valence-electron chi connectivity index (χ4n) is 2.60. The highest BCUT2D eigenvalue weighted by molar-refractivity contribution is 5.98. The molecule has 1 unspecified atom stereocenters. The first-order valence-electron chi connectivity index (χ1n) is 6.68. The van der Waals surface area contributed by atoms with E-state index in [1.807, 2.05) is 11.9 Å². The van der Waals surface area contributed by atoms with Crippen LogP contribution in [0.25, 0.3) is 0 Å². The minimum atomic E-state index is -0.656. The Morgan fingerprint density at radius 2 is 2.18 bits per heavy atom. The summed E-state index contributed by atoms with van der Waals surface area (Å²) in [5.41, 5.74) is 12.4. The molecule has 1 aliphatic rings. The number of anilines is 2. The molecule has 1 atom stereocenters. The number of ether oxygens (including phenoxy) is 1. The first kappa shape index (κ1) is 14.2. The summed E-state index contributed by atoms with van der Waals surface area (Å²) in [6.07, 6.45) is -0.519. The van der Waals surface area contributed by atoms with Gasteiger partial charge in [0.2, 0.25) is 0 Å². The highest BCUT2D eigenvalue weighted by Crippen LogP contribution is 2.38. The van der Waals surface area contributed by atoms with Crippen LogP contribution in [0.4, 0.5) is 15.9 Å². The summed E-state index contributed by atoms with van der Waals surface area (Å²) in [5, 5.41) is 4.25. The summed E-state index contributed by atoms with van der Waals surface area (Å²) in [7, 11) is 3.44. The zero-order valence-electron chi connectivity index (χ0n) is 12.2. The molecule has 4 N–H and O–H groups in total. The number of aromatic nitrogens is 2. The number of nitrogen functional groups attached to an aromatic ring is 1. The van der Waals surface area contributed by atoms with Gasteiger partial charge >= 0.3 is 0 Å². The van der Waals surface area contributed by atoms with Gasteiger partial charge in [-0.15, -0.1) is 0 Å². The number of primary amides is 1. The second-order valence-corrected chi connectivity index (χ2v) is 5.23. The van der Waals surface area contributed by atoms with Gasteiger partial charge in [-0.2, -0.15) is 5.10 Å². The Morgan fingerprint density at radius 1 is 1.45 bits per heavy atom. The van der Waals surface area contributed by atoms with Crippen molar-refractivity contribution in [3.63, 3.8) is 0 Å². The maximum atomic E-state index is 13.3. The number of carbonyl (C=O) groups excluding carboxylic acids is 1. The van der Waals surface area contributed by atoms with Crippen LogP contribution >= 0.6 is 0 Å². The van der Waals surface area contributed by atoms with Gasteiger partial charge in [-0.3, -0.25) is 9.48 Å². The Morgan fingerprint density at radius 3 is 2.86 bits per heavy atom. The zero-order chi connectivity index (χ0) is 16.0. The number of halogens is 1. The molecule has 7 nitrogen and oxygen atoms in total. The molecule has 0 saturated heterocycles. The van der Waals surface area contributed by atoms with Crippen molar-refractivity contribution in [2.45, 2.75) is 6.10 Å². The predicted octanol–water partition coefficient (Wildman–Crippen LogP) is 0.810. The number of amides is 1. The summed E-state index contributed by atoms with van der Waals surface area (Å²) in [5.74, 6) is -0.289. The van der Waals surface area contributed by atoms with E-state index in [-0.39, 0.29) is 17.2 Å². The molecule has 1 amide bonds. The van der Waals surface area contributed by atoms with Gasteiger partial charge < -0.3 is 21.1 Å². The van der Waals surface area contributed by atoms with Crippen LogP contribution in [-0.4, -0.2) is 29.3 Å². The van der Waals surface area contributed by atoms with E-state index in [0.29, 0.717) is 23.7 Å². The molecule has 3 rings (SSSR count). The maximum Gasteiger partial charge on any atom is 0.254 e.